The molecule has 0 amide bonds. The van der Waals surface area contributed by atoms with Gasteiger partial charge in [0.15, 0.2) is 0 Å². The van der Waals surface area contributed by atoms with Crippen molar-refractivity contribution in [2.75, 3.05) is 6.54 Å². The summed E-state index contributed by atoms with van der Waals surface area (Å²) < 4.78 is 38.0. The molecular weight excluding hydrogens is 279 g/mol. The van der Waals surface area contributed by atoms with E-state index in [-0.39, 0.29) is 18.5 Å². The Kier molecular flexibility index (Phi) is 5.09. The topological polar surface area (TPSA) is 104 Å². The van der Waals surface area contributed by atoms with Crippen molar-refractivity contribution >= 4 is 5.97 Å². The van der Waals surface area contributed by atoms with Gasteiger partial charge in [-0.05, 0) is 36.7 Å². The first-order valence-corrected chi connectivity index (χ1v) is 5.68. The summed E-state index contributed by atoms with van der Waals surface area (Å²) in [5, 5.41) is 28.1. The molecule has 0 radical (unpaired) electrons. The first kappa shape index (κ1) is 16.4. The number of rotatable bonds is 5. The SMILES string of the molecule is NCCC(O)C(O)c1cc(C(=O)O)cc(C(F)(F)F)c1. The number of aromatic carboxylic acids is 1. The Morgan fingerprint density at radius 1 is 1.25 bits per heavy atom. The minimum Gasteiger partial charge on any atom is -0.478 e. The fraction of sp³-hybridized carbons (Fsp3) is 0.417. The van der Waals surface area contributed by atoms with Crippen molar-refractivity contribution in [2.24, 2.45) is 5.73 Å². The highest BCUT2D eigenvalue weighted by atomic mass is 19.4. The Morgan fingerprint density at radius 3 is 2.30 bits per heavy atom. The summed E-state index contributed by atoms with van der Waals surface area (Å²) in [6, 6.07) is 1.96. The van der Waals surface area contributed by atoms with Gasteiger partial charge in [-0.3, -0.25) is 0 Å². The standard InChI is InChI=1S/C12H14F3NO4/c13-12(14,15)8-4-6(3-7(5-8)11(19)20)10(18)9(17)1-2-16/h3-5,9-10,17-18H,1-2,16H2,(H,19,20). The molecule has 2 unspecified atom stereocenters. The van der Waals surface area contributed by atoms with Gasteiger partial charge >= 0.3 is 12.1 Å². The molecule has 8 heteroatoms. The van der Waals surface area contributed by atoms with Crippen LogP contribution in [-0.4, -0.2) is 33.9 Å². The summed E-state index contributed by atoms with van der Waals surface area (Å²) in [7, 11) is 0. The maximum atomic E-state index is 12.7. The van der Waals surface area contributed by atoms with Crippen molar-refractivity contribution in [3.05, 3.63) is 34.9 Å². The van der Waals surface area contributed by atoms with Gasteiger partial charge in [-0.1, -0.05) is 0 Å². The lowest BCUT2D eigenvalue weighted by atomic mass is 9.97. The van der Waals surface area contributed by atoms with Gasteiger partial charge in [0.2, 0.25) is 0 Å². The lowest BCUT2D eigenvalue weighted by molar-refractivity contribution is -0.137. The van der Waals surface area contributed by atoms with Gasteiger partial charge in [-0.2, -0.15) is 13.2 Å². The summed E-state index contributed by atoms with van der Waals surface area (Å²) >= 11 is 0. The van der Waals surface area contributed by atoms with E-state index in [0.29, 0.717) is 12.1 Å². The molecule has 0 saturated carbocycles. The van der Waals surface area contributed by atoms with Crippen LogP contribution in [0.1, 0.15) is 34.0 Å². The molecule has 1 aromatic rings. The molecule has 1 rings (SSSR count). The quantitative estimate of drug-likeness (QED) is 0.652. The number of carboxylic acid groups (broad SMARTS) is 1. The van der Waals surface area contributed by atoms with Gasteiger partial charge in [0.05, 0.1) is 17.2 Å². The van der Waals surface area contributed by atoms with E-state index in [2.05, 4.69) is 0 Å². The number of carboxylic acids is 1. The molecule has 0 spiro atoms. The smallest absolute Gasteiger partial charge is 0.416 e. The van der Waals surface area contributed by atoms with E-state index < -0.39 is 35.5 Å². The average molecular weight is 293 g/mol. The fourth-order valence-electron chi connectivity index (χ4n) is 1.66. The Labute approximate surface area is 112 Å². The van der Waals surface area contributed by atoms with Crippen LogP contribution >= 0.6 is 0 Å². The van der Waals surface area contributed by atoms with Crippen molar-refractivity contribution in [3.63, 3.8) is 0 Å². The molecule has 0 aliphatic heterocycles. The molecule has 20 heavy (non-hydrogen) atoms. The van der Waals surface area contributed by atoms with Crippen molar-refractivity contribution in [1.82, 2.24) is 0 Å². The molecule has 0 fully saturated rings. The molecule has 112 valence electrons. The third-order valence-corrected chi connectivity index (χ3v) is 2.70. The predicted molar refractivity (Wildman–Crippen MR) is 63.0 cm³/mol. The van der Waals surface area contributed by atoms with E-state index in [0.717, 1.165) is 6.07 Å². The maximum Gasteiger partial charge on any atom is 0.416 e. The Hall–Kier alpha value is -1.64. The van der Waals surface area contributed by atoms with E-state index in [1.807, 2.05) is 0 Å². The van der Waals surface area contributed by atoms with E-state index in [4.69, 9.17) is 10.8 Å². The van der Waals surface area contributed by atoms with E-state index in [1.165, 1.54) is 0 Å². The van der Waals surface area contributed by atoms with Crippen LogP contribution in [0.25, 0.3) is 0 Å². The van der Waals surface area contributed by atoms with Crippen LogP contribution in [0.5, 0.6) is 0 Å². The largest absolute Gasteiger partial charge is 0.478 e. The minimum atomic E-state index is -4.75. The lowest BCUT2D eigenvalue weighted by Crippen LogP contribution is -2.22. The van der Waals surface area contributed by atoms with Crippen molar-refractivity contribution in [1.29, 1.82) is 0 Å². The molecule has 0 aliphatic carbocycles. The normalized spacial score (nSPS) is 14.9. The van der Waals surface area contributed by atoms with Crippen LogP contribution in [0.2, 0.25) is 0 Å². The van der Waals surface area contributed by atoms with E-state index in [9.17, 15) is 28.2 Å². The zero-order chi connectivity index (χ0) is 15.5. The number of hydrogen-bond donors (Lipinski definition) is 4. The zero-order valence-electron chi connectivity index (χ0n) is 10.3. The lowest BCUT2D eigenvalue weighted by Gasteiger charge is -2.19. The highest BCUT2D eigenvalue weighted by Crippen LogP contribution is 2.32. The molecule has 0 heterocycles. The molecule has 0 aliphatic rings. The van der Waals surface area contributed by atoms with Crippen LogP contribution in [0.4, 0.5) is 13.2 Å². The molecular formula is C12H14F3NO4. The Morgan fingerprint density at radius 2 is 1.85 bits per heavy atom. The van der Waals surface area contributed by atoms with Gasteiger partial charge in [0.1, 0.15) is 6.10 Å². The first-order valence-electron chi connectivity index (χ1n) is 5.68. The summed E-state index contributed by atoms with van der Waals surface area (Å²) in [5.41, 5.74) is 3.04. The predicted octanol–water partition coefficient (Wildman–Crippen LogP) is 1.15. The highest BCUT2D eigenvalue weighted by Gasteiger charge is 2.33. The summed E-state index contributed by atoms with van der Waals surface area (Å²) in [5.74, 6) is -1.56. The number of alkyl halides is 3. The molecule has 0 saturated heterocycles. The van der Waals surface area contributed by atoms with Crippen LogP contribution in [0.15, 0.2) is 18.2 Å². The van der Waals surface area contributed by atoms with Crippen LogP contribution in [0, 0.1) is 0 Å². The number of benzene rings is 1. The number of hydrogen-bond acceptors (Lipinski definition) is 4. The monoisotopic (exact) mass is 293 g/mol. The molecule has 0 bridgehead atoms. The van der Waals surface area contributed by atoms with Crippen molar-refractivity contribution in [2.45, 2.75) is 24.8 Å². The Balaban J connectivity index is 3.25. The summed E-state index contributed by atoms with van der Waals surface area (Å²) in [6.07, 6.45) is -7.79. The van der Waals surface area contributed by atoms with Gasteiger partial charge in [0, 0.05) is 0 Å². The van der Waals surface area contributed by atoms with Gasteiger partial charge < -0.3 is 21.1 Å². The van der Waals surface area contributed by atoms with E-state index >= 15 is 0 Å². The second-order valence-corrected chi connectivity index (χ2v) is 4.24. The molecule has 5 N–H and O–H groups in total. The van der Waals surface area contributed by atoms with Crippen molar-refractivity contribution in [3.8, 4) is 0 Å². The molecule has 1 aromatic carbocycles. The zero-order valence-corrected chi connectivity index (χ0v) is 10.3. The number of halogens is 3. The van der Waals surface area contributed by atoms with Crippen LogP contribution < -0.4 is 5.73 Å². The van der Waals surface area contributed by atoms with Gasteiger partial charge in [-0.15, -0.1) is 0 Å². The molecule has 5 nitrogen and oxygen atoms in total. The van der Waals surface area contributed by atoms with Gasteiger partial charge in [0.25, 0.3) is 0 Å². The summed E-state index contributed by atoms with van der Waals surface area (Å²) in [4.78, 5) is 10.8. The third-order valence-electron chi connectivity index (χ3n) is 2.70. The Bertz CT molecular complexity index is 490. The number of aliphatic hydroxyl groups excluding tert-OH is 2. The molecule has 0 aromatic heterocycles. The highest BCUT2D eigenvalue weighted by molar-refractivity contribution is 5.88. The fourth-order valence-corrected chi connectivity index (χ4v) is 1.66. The maximum absolute atomic E-state index is 12.7. The first-order chi connectivity index (χ1) is 9.16. The number of aliphatic hydroxyl groups is 2. The second-order valence-electron chi connectivity index (χ2n) is 4.24. The summed E-state index contributed by atoms with van der Waals surface area (Å²) in [6.45, 7) is 0.0307. The second kappa shape index (κ2) is 6.21. The van der Waals surface area contributed by atoms with Gasteiger partial charge in [-0.25, -0.2) is 4.79 Å². The third kappa shape index (κ3) is 3.92. The number of carbonyl (C=O) groups is 1. The number of nitrogens with two attached hydrogens (primary N) is 1. The van der Waals surface area contributed by atoms with Crippen LogP contribution in [0.3, 0.4) is 0 Å². The van der Waals surface area contributed by atoms with Crippen molar-refractivity contribution < 1.29 is 33.3 Å². The molecule has 2 atom stereocenters. The van der Waals surface area contributed by atoms with Crippen LogP contribution in [-0.2, 0) is 6.18 Å². The average Bonchev–Trinajstić information content (AvgIpc) is 2.36. The van der Waals surface area contributed by atoms with E-state index in [1.54, 1.807) is 0 Å². The minimum absolute atomic E-state index is 0.0280.